The number of amides is 1. The van der Waals surface area contributed by atoms with E-state index in [1.54, 1.807) is 13.2 Å². The minimum absolute atomic E-state index is 0.0819. The molecule has 122 valence electrons. The molecule has 1 heterocycles. The van der Waals surface area contributed by atoms with Gasteiger partial charge in [0, 0.05) is 18.7 Å². The zero-order chi connectivity index (χ0) is 16.2. The number of rotatable bonds is 7. The molecule has 1 aliphatic rings. The van der Waals surface area contributed by atoms with Crippen molar-refractivity contribution >= 4 is 11.8 Å². The topological polar surface area (TPSA) is 67.6 Å². The molecule has 1 aromatic heterocycles. The van der Waals surface area contributed by atoms with Gasteiger partial charge in [0.15, 0.2) is 0 Å². The monoisotopic (exact) mass is 315 g/mol. The lowest BCUT2D eigenvalue weighted by molar-refractivity contribution is -0.117. The van der Waals surface area contributed by atoms with Gasteiger partial charge in [-0.1, -0.05) is 17.3 Å². The van der Waals surface area contributed by atoms with Crippen molar-refractivity contribution < 1.29 is 14.1 Å². The lowest BCUT2D eigenvalue weighted by atomic mass is 10.2. The maximum Gasteiger partial charge on any atom is 0.240 e. The van der Waals surface area contributed by atoms with Crippen molar-refractivity contribution in [2.24, 2.45) is 0 Å². The molecule has 0 unspecified atom stereocenters. The minimum Gasteiger partial charge on any atom is -0.497 e. The number of benzene rings is 1. The summed E-state index contributed by atoms with van der Waals surface area (Å²) in [6.45, 7) is 2.91. The van der Waals surface area contributed by atoms with Crippen LogP contribution in [0.5, 0.6) is 5.75 Å². The molecular weight excluding hydrogens is 294 g/mol. The van der Waals surface area contributed by atoms with Gasteiger partial charge in [0.05, 0.1) is 19.3 Å². The lowest BCUT2D eigenvalue weighted by Gasteiger charge is -2.21. The second-order valence-electron chi connectivity index (χ2n) is 5.86. The highest BCUT2D eigenvalue weighted by molar-refractivity contribution is 5.91. The summed E-state index contributed by atoms with van der Waals surface area (Å²) in [5.41, 5.74) is 1.92. The molecule has 0 saturated heterocycles. The number of aryl methyl sites for hydroxylation is 1. The van der Waals surface area contributed by atoms with Crippen molar-refractivity contribution in [2.45, 2.75) is 32.4 Å². The quantitative estimate of drug-likeness (QED) is 0.850. The molecule has 23 heavy (non-hydrogen) atoms. The third-order valence-corrected chi connectivity index (χ3v) is 3.85. The maximum absolute atomic E-state index is 12.2. The summed E-state index contributed by atoms with van der Waals surface area (Å²) in [5, 5.41) is 6.52. The van der Waals surface area contributed by atoms with Crippen LogP contribution in [0.15, 0.2) is 34.9 Å². The van der Waals surface area contributed by atoms with Gasteiger partial charge >= 0.3 is 0 Å². The molecule has 1 aromatic carbocycles. The van der Waals surface area contributed by atoms with Crippen LogP contribution >= 0.6 is 0 Å². The van der Waals surface area contributed by atoms with Gasteiger partial charge in [-0.15, -0.1) is 0 Å². The van der Waals surface area contributed by atoms with Crippen molar-refractivity contribution in [1.29, 1.82) is 0 Å². The van der Waals surface area contributed by atoms with E-state index in [-0.39, 0.29) is 5.91 Å². The SMILES string of the molecule is COc1ccc(CN(CC(=O)Nc2cc(C)no2)C2CC2)cc1. The first-order valence-corrected chi connectivity index (χ1v) is 7.74. The summed E-state index contributed by atoms with van der Waals surface area (Å²) in [6.07, 6.45) is 2.29. The highest BCUT2D eigenvalue weighted by Gasteiger charge is 2.30. The molecule has 2 aromatic rings. The Bertz CT molecular complexity index is 662. The van der Waals surface area contributed by atoms with E-state index in [1.807, 2.05) is 31.2 Å². The van der Waals surface area contributed by atoms with Gasteiger partial charge in [0.2, 0.25) is 11.8 Å². The molecule has 0 atom stereocenters. The number of aromatic nitrogens is 1. The summed E-state index contributed by atoms with van der Waals surface area (Å²) in [5.74, 6) is 1.15. The number of methoxy groups -OCH3 is 1. The second kappa shape index (κ2) is 6.83. The fraction of sp³-hybridized carbons (Fsp3) is 0.412. The van der Waals surface area contributed by atoms with Gasteiger partial charge in [0.1, 0.15) is 5.75 Å². The Hall–Kier alpha value is -2.34. The number of hydrogen-bond donors (Lipinski definition) is 1. The molecule has 0 spiro atoms. The van der Waals surface area contributed by atoms with Crippen molar-refractivity contribution in [1.82, 2.24) is 10.1 Å². The smallest absolute Gasteiger partial charge is 0.240 e. The molecule has 0 aliphatic heterocycles. The van der Waals surface area contributed by atoms with Crippen molar-refractivity contribution in [2.75, 3.05) is 19.0 Å². The molecule has 6 nitrogen and oxygen atoms in total. The number of nitrogens with one attached hydrogen (secondary N) is 1. The molecule has 0 bridgehead atoms. The molecule has 1 fully saturated rings. The number of carbonyl (C=O) groups is 1. The van der Waals surface area contributed by atoms with Crippen molar-refractivity contribution in [3.63, 3.8) is 0 Å². The lowest BCUT2D eigenvalue weighted by Crippen LogP contribution is -2.34. The highest BCUT2D eigenvalue weighted by atomic mass is 16.5. The Labute approximate surface area is 135 Å². The summed E-state index contributed by atoms with van der Waals surface area (Å²) in [6, 6.07) is 10.1. The van der Waals surface area contributed by atoms with Crippen LogP contribution in [0.25, 0.3) is 0 Å². The minimum atomic E-state index is -0.0819. The van der Waals surface area contributed by atoms with Gasteiger partial charge in [-0.2, -0.15) is 0 Å². The van der Waals surface area contributed by atoms with Gasteiger partial charge in [-0.05, 0) is 37.5 Å². The molecule has 6 heteroatoms. The third-order valence-electron chi connectivity index (χ3n) is 3.85. The summed E-state index contributed by atoms with van der Waals surface area (Å²) in [4.78, 5) is 14.4. The second-order valence-corrected chi connectivity index (χ2v) is 5.86. The van der Waals surface area contributed by atoms with E-state index < -0.39 is 0 Å². The molecule has 1 amide bonds. The first-order chi connectivity index (χ1) is 11.1. The molecule has 3 rings (SSSR count). The molecule has 1 N–H and O–H groups in total. The number of anilines is 1. The van der Waals surface area contributed by atoms with Crippen LogP contribution < -0.4 is 10.1 Å². The van der Waals surface area contributed by atoms with Crippen LogP contribution in [0.2, 0.25) is 0 Å². The summed E-state index contributed by atoms with van der Waals surface area (Å²) >= 11 is 0. The first-order valence-electron chi connectivity index (χ1n) is 7.74. The number of carbonyl (C=O) groups excluding carboxylic acids is 1. The van der Waals surface area contributed by atoms with Gasteiger partial charge in [0.25, 0.3) is 0 Å². The maximum atomic E-state index is 12.2. The molecule has 1 saturated carbocycles. The number of nitrogens with zero attached hydrogens (tertiary/aromatic N) is 2. The Balaban J connectivity index is 1.58. The average molecular weight is 315 g/mol. The van der Waals surface area contributed by atoms with Crippen molar-refractivity contribution in [3.05, 3.63) is 41.6 Å². The van der Waals surface area contributed by atoms with E-state index in [4.69, 9.17) is 9.26 Å². The van der Waals surface area contributed by atoms with Crippen LogP contribution in [-0.2, 0) is 11.3 Å². The van der Waals surface area contributed by atoms with Crippen LogP contribution in [0.4, 0.5) is 5.88 Å². The fourth-order valence-corrected chi connectivity index (χ4v) is 2.50. The van der Waals surface area contributed by atoms with E-state index in [0.29, 0.717) is 18.5 Å². The zero-order valence-electron chi connectivity index (χ0n) is 13.4. The third kappa shape index (κ3) is 4.32. The Morgan fingerprint density at radius 3 is 2.70 bits per heavy atom. The zero-order valence-corrected chi connectivity index (χ0v) is 13.4. The van der Waals surface area contributed by atoms with Gasteiger partial charge < -0.3 is 9.26 Å². The van der Waals surface area contributed by atoms with E-state index in [1.165, 1.54) is 5.56 Å². The molecule has 0 radical (unpaired) electrons. The standard InChI is InChI=1S/C17H21N3O3/c1-12-9-17(23-19-12)18-16(21)11-20(14-5-6-14)10-13-3-7-15(22-2)8-4-13/h3-4,7-9,14H,5-6,10-11H2,1-2H3,(H,18,21). The van der Waals surface area contributed by atoms with E-state index >= 15 is 0 Å². The van der Waals surface area contributed by atoms with Crippen LogP contribution in [0.1, 0.15) is 24.1 Å². The summed E-state index contributed by atoms with van der Waals surface area (Å²) < 4.78 is 10.2. The van der Waals surface area contributed by atoms with E-state index in [9.17, 15) is 4.79 Å². The molecular formula is C17H21N3O3. The van der Waals surface area contributed by atoms with Crippen LogP contribution in [0.3, 0.4) is 0 Å². The highest BCUT2D eigenvalue weighted by Crippen LogP contribution is 2.28. The van der Waals surface area contributed by atoms with Gasteiger partial charge in [-0.3, -0.25) is 15.0 Å². The number of ether oxygens (including phenoxy) is 1. The number of hydrogen-bond acceptors (Lipinski definition) is 5. The molecule has 1 aliphatic carbocycles. The predicted molar refractivity (Wildman–Crippen MR) is 86.3 cm³/mol. The van der Waals surface area contributed by atoms with Crippen molar-refractivity contribution in [3.8, 4) is 5.75 Å². The predicted octanol–water partition coefficient (Wildman–Crippen LogP) is 2.59. The Morgan fingerprint density at radius 2 is 2.13 bits per heavy atom. The van der Waals surface area contributed by atoms with E-state index in [0.717, 1.165) is 30.8 Å². The largest absolute Gasteiger partial charge is 0.497 e. The fourth-order valence-electron chi connectivity index (χ4n) is 2.50. The van der Waals surface area contributed by atoms with Gasteiger partial charge in [-0.25, -0.2) is 0 Å². The Kier molecular flexibility index (Phi) is 4.62. The van der Waals surface area contributed by atoms with Crippen LogP contribution in [0, 0.1) is 6.92 Å². The average Bonchev–Trinajstić information content (AvgIpc) is 3.31. The van der Waals surface area contributed by atoms with Crippen LogP contribution in [-0.4, -0.2) is 35.7 Å². The van der Waals surface area contributed by atoms with E-state index in [2.05, 4.69) is 15.4 Å². The summed E-state index contributed by atoms with van der Waals surface area (Å²) in [7, 11) is 1.65. The normalized spacial score (nSPS) is 14.0. The first kappa shape index (κ1) is 15.6. The Morgan fingerprint density at radius 1 is 1.39 bits per heavy atom.